The van der Waals surface area contributed by atoms with Crippen molar-refractivity contribution < 1.29 is 12.9 Å². The predicted molar refractivity (Wildman–Crippen MR) is 122 cm³/mol. The minimum Gasteiger partial charge on any atom is -0.339 e. The molecule has 0 unspecified atom stereocenters. The zero-order valence-electron chi connectivity index (χ0n) is 17.9. The van der Waals surface area contributed by atoms with Gasteiger partial charge in [0, 0.05) is 38.2 Å². The highest BCUT2D eigenvalue weighted by Crippen LogP contribution is 2.21. The minimum atomic E-state index is -3.62. The van der Waals surface area contributed by atoms with Crippen LogP contribution < -0.4 is 5.69 Å². The van der Waals surface area contributed by atoms with Crippen LogP contribution in [0.1, 0.15) is 12.3 Å². The third kappa shape index (κ3) is 4.61. The molecule has 0 radical (unpaired) electrons. The number of piperazine rings is 1. The standard InChI is InChI=1S/C22H24N6O4S/c29-22-23-18-9-8-17(15-19(18)24-22)33(30,31)28-13-11-27(12-14-28)10-4-7-20-25-21(26-32-20)16-5-2-1-3-6-16/h1-3,5-6,8-9,15H,4,7,10-14H2,(H2,23,24,29). The Labute approximate surface area is 190 Å². The summed E-state index contributed by atoms with van der Waals surface area (Å²) in [5.74, 6) is 1.19. The number of rotatable bonds is 7. The van der Waals surface area contributed by atoms with Gasteiger partial charge in [-0.15, -0.1) is 0 Å². The number of sulfonamides is 1. The van der Waals surface area contributed by atoms with Gasteiger partial charge in [0.1, 0.15) is 0 Å². The summed E-state index contributed by atoms with van der Waals surface area (Å²) in [6.07, 6.45) is 1.52. The van der Waals surface area contributed by atoms with Crippen LogP contribution in [0.2, 0.25) is 0 Å². The van der Waals surface area contributed by atoms with Crippen LogP contribution in [0, 0.1) is 0 Å². The summed E-state index contributed by atoms with van der Waals surface area (Å²) >= 11 is 0. The van der Waals surface area contributed by atoms with Gasteiger partial charge in [-0.3, -0.25) is 0 Å². The molecule has 0 amide bonds. The molecule has 172 valence electrons. The molecule has 11 heteroatoms. The molecule has 1 fully saturated rings. The largest absolute Gasteiger partial charge is 0.339 e. The molecule has 1 aliphatic rings. The Morgan fingerprint density at radius 2 is 1.73 bits per heavy atom. The first-order valence-electron chi connectivity index (χ1n) is 10.8. The lowest BCUT2D eigenvalue weighted by Crippen LogP contribution is -2.48. The van der Waals surface area contributed by atoms with Crippen molar-refractivity contribution in [2.24, 2.45) is 0 Å². The van der Waals surface area contributed by atoms with Crippen molar-refractivity contribution in [2.75, 3.05) is 32.7 Å². The number of aromatic amines is 2. The molecule has 1 aliphatic heterocycles. The van der Waals surface area contributed by atoms with E-state index in [1.165, 1.54) is 16.4 Å². The number of fused-ring (bicyclic) bond motifs is 1. The minimum absolute atomic E-state index is 0.185. The van der Waals surface area contributed by atoms with Gasteiger partial charge in [0.2, 0.25) is 21.7 Å². The molecule has 2 N–H and O–H groups in total. The summed E-state index contributed by atoms with van der Waals surface area (Å²) in [7, 11) is -3.62. The monoisotopic (exact) mass is 468 g/mol. The number of benzene rings is 2. The van der Waals surface area contributed by atoms with Crippen LogP contribution in [0.3, 0.4) is 0 Å². The molecule has 0 saturated carbocycles. The van der Waals surface area contributed by atoms with Crippen molar-refractivity contribution in [3.63, 3.8) is 0 Å². The number of imidazole rings is 1. The van der Waals surface area contributed by atoms with Crippen molar-refractivity contribution >= 4 is 21.1 Å². The Hall–Kier alpha value is -3.28. The molecule has 0 atom stereocenters. The van der Waals surface area contributed by atoms with Gasteiger partial charge < -0.3 is 19.4 Å². The molecule has 0 spiro atoms. The Morgan fingerprint density at radius 3 is 2.52 bits per heavy atom. The fraction of sp³-hybridized carbons (Fsp3) is 0.318. The first-order chi connectivity index (χ1) is 16.0. The fourth-order valence-electron chi connectivity index (χ4n) is 4.03. The maximum atomic E-state index is 13.0. The summed E-state index contributed by atoms with van der Waals surface area (Å²) in [6.45, 7) is 2.97. The van der Waals surface area contributed by atoms with Crippen LogP contribution in [0.4, 0.5) is 0 Å². The smallest absolute Gasteiger partial charge is 0.323 e. The van der Waals surface area contributed by atoms with Gasteiger partial charge in [-0.05, 0) is 31.2 Å². The Balaban J connectivity index is 1.13. The quantitative estimate of drug-likeness (QED) is 0.424. The number of aromatic nitrogens is 4. The lowest BCUT2D eigenvalue weighted by atomic mass is 10.2. The zero-order chi connectivity index (χ0) is 22.8. The average Bonchev–Trinajstić information content (AvgIpc) is 3.45. The van der Waals surface area contributed by atoms with Gasteiger partial charge in [-0.25, -0.2) is 13.2 Å². The third-order valence-electron chi connectivity index (χ3n) is 5.82. The van der Waals surface area contributed by atoms with Crippen molar-refractivity contribution in [3.05, 3.63) is 64.9 Å². The Bertz CT molecular complexity index is 1400. The maximum absolute atomic E-state index is 13.0. The van der Waals surface area contributed by atoms with Crippen molar-refractivity contribution in [2.45, 2.75) is 17.7 Å². The SMILES string of the molecule is O=c1[nH]c2ccc(S(=O)(=O)N3CCN(CCCc4nc(-c5ccccc5)no4)CC3)cc2[nH]1. The molecule has 0 bridgehead atoms. The van der Waals surface area contributed by atoms with Crippen LogP contribution in [0.5, 0.6) is 0 Å². The second-order valence-electron chi connectivity index (χ2n) is 8.01. The highest BCUT2D eigenvalue weighted by molar-refractivity contribution is 7.89. The van der Waals surface area contributed by atoms with E-state index in [4.69, 9.17) is 4.52 Å². The van der Waals surface area contributed by atoms with Crippen molar-refractivity contribution in [1.29, 1.82) is 0 Å². The highest BCUT2D eigenvalue weighted by atomic mass is 32.2. The molecular weight excluding hydrogens is 444 g/mol. The van der Waals surface area contributed by atoms with E-state index >= 15 is 0 Å². The molecule has 2 aromatic heterocycles. The molecule has 4 aromatic rings. The van der Waals surface area contributed by atoms with Crippen LogP contribution in [-0.2, 0) is 16.4 Å². The molecule has 0 aliphatic carbocycles. The van der Waals surface area contributed by atoms with E-state index in [0.29, 0.717) is 55.3 Å². The summed E-state index contributed by atoms with van der Waals surface area (Å²) < 4.78 is 32.9. The van der Waals surface area contributed by atoms with Crippen molar-refractivity contribution in [1.82, 2.24) is 29.3 Å². The van der Waals surface area contributed by atoms with Gasteiger partial charge in [-0.1, -0.05) is 35.5 Å². The molecule has 5 rings (SSSR count). The summed E-state index contributed by atoms with van der Waals surface area (Å²) in [4.78, 5) is 23.6. The summed E-state index contributed by atoms with van der Waals surface area (Å²) in [5.41, 5.74) is 1.63. The highest BCUT2D eigenvalue weighted by Gasteiger charge is 2.28. The van der Waals surface area contributed by atoms with E-state index in [1.54, 1.807) is 6.07 Å². The van der Waals surface area contributed by atoms with Crippen LogP contribution in [-0.4, -0.2) is 70.5 Å². The van der Waals surface area contributed by atoms with Crippen LogP contribution >= 0.6 is 0 Å². The zero-order valence-corrected chi connectivity index (χ0v) is 18.7. The third-order valence-corrected chi connectivity index (χ3v) is 7.72. The Morgan fingerprint density at radius 1 is 0.970 bits per heavy atom. The second kappa shape index (κ2) is 8.93. The van der Waals surface area contributed by atoms with Crippen LogP contribution in [0.25, 0.3) is 22.4 Å². The predicted octanol–water partition coefficient (Wildman–Crippen LogP) is 1.85. The Kier molecular flexibility index (Phi) is 5.83. The fourth-order valence-corrected chi connectivity index (χ4v) is 5.48. The first kappa shape index (κ1) is 21.6. The van der Waals surface area contributed by atoms with E-state index < -0.39 is 10.0 Å². The van der Waals surface area contributed by atoms with E-state index in [0.717, 1.165) is 18.5 Å². The van der Waals surface area contributed by atoms with Crippen molar-refractivity contribution in [3.8, 4) is 11.4 Å². The molecule has 2 aromatic carbocycles. The van der Waals surface area contributed by atoms with E-state index in [9.17, 15) is 13.2 Å². The molecule has 10 nitrogen and oxygen atoms in total. The number of aryl methyl sites for hydroxylation is 1. The second-order valence-corrected chi connectivity index (χ2v) is 9.95. The maximum Gasteiger partial charge on any atom is 0.323 e. The van der Waals surface area contributed by atoms with E-state index in [1.807, 2.05) is 30.3 Å². The lowest BCUT2D eigenvalue weighted by molar-refractivity contribution is 0.185. The number of nitrogens with one attached hydrogen (secondary N) is 2. The van der Waals surface area contributed by atoms with Crippen LogP contribution in [0.15, 0.2) is 62.7 Å². The van der Waals surface area contributed by atoms with E-state index in [-0.39, 0.29) is 10.6 Å². The summed E-state index contributed by atoms with van der Waals surface area (Å²) in [5, 5.41) is 4.04. The van der Waals surface area contributed by atoms with Gasteiger partial charge in [0.25, 0.3) is 0 Å². The molecule has 33 heavy (non-hydrogen) atoms. The number of hydrogen-bond acceptors (Lipinski definition) is 7. The normalized spacial score (nSPS) is 15.9. The topological polar surface area (TPSA) is 128 Å². The molecule has 3 heterocycles. The average molecular weight is 469 g/mol. The number of nitrogens with zero attached hydrogens (tertiary/aromatic N) is 4. The molecular formula is C22H24N6O4S. The van der Waals surface area contributed by atoms with Gasteiger partial charge in [0.15, 0.2) is 0 Å². The number of hydrogen-bond donors (Lipinski definition) is 2. The van der Waals surface area contributed by atoms with Gasteiger partial charge in [-0.2, -0.15) is 9.29 Å². The van der Waals surface area contributed by atoms with Gasteiger partial charge >= 0.3 is 5.69 Å². The summed E-state index contributed by atoms with van der Waals surface area (Å²) in [6, 6.07) is 14.3. The van der Waals surface area contributed by atoms with E-state index in [2.05, 4.69) is 25.0 Å². The molecule has 1 saturated heterocycles. The first-order valence-corrected chi connectivity index (χ1v) is 12.3. The lowest BCUT2D eigenvalue weighted by Gasteiger charge is -2.33. The van der Waals surface area contributed by atoms with Gasteiger partial charge in [0.05, 0.1) is 15.9 Å². The number of H-pyrrole nitrogens is 2.